The Morgan fingerprint density at radius 3 is 2.60 bits per heavy atom. The predicted molar refractivity (Wildman–Crippen MR) is 82.2 cm³/mol. The molecule has 0 bridgehead atoms. The van der Waals surface area contributed by atoms with E-state index in [2.05, 4.69) is 13.8 Å². The lowest BCUT2D eigenvalue weighted by Gasteiger charge is -2.18. The molecule has 1 aromatic heterocycles. The number of carbonyl (C=O) groups is 1. The summed E-state index contributed by atoms with van der Waals surface area (Å²) in [6.45, 7) is 10.6. The highest BCUT2D eigenvalue weighted by Crippen LogP contribution is 2.24. The molecule has 2 rings (SSSR count). The summed E-state index contributed by atoms with van der Waals surface area (Å²) in [7, 11) is 0. The monoisotopic (exact) mass is 296 g/mol. The van der Waals surface area contributed by atoms with E-state index in [1.165, 1.54) is 11.3 Å². The number of aryl methyl sites for hydroxylation is 1. The number of hydrogen-bond donors (Lipinski definition) is 0. The van der Waals surface area contributed by atoms with Gasteiger partial charge in [0.1, 0.15) is 0 Å². The average molecular weight is 296 g/mol. The van der Waals surface area contributed by atoms with Crippen molar-refractivity contribution in [3.8, 4) is 0 Å². The highest BCUT2D eigenvalue weighted by atomic mass is 32.1. The summed E-state index contributed by atoms with van der Waals surface area (Å²) in [5.74, 6) is 1.45. The van der Waals surface area contributed by atoms with Crippen LogP contribution in [0.3, 0.4) is 0 Å². The van der Waals surface area contributed by atoms with E-state index >= 15 is 0 Å². The second-order valence-electron chi connectivity index (χ2n) is 6.04. The molecule has 20 heavy (non-hydrogen) atoms. The third-order valence-electron chi connectivity index (χ3n) is 4.44. The van der Waals surface area contributed by atoms with Crippen LogP contribution in [-0.4, -0.2) is 28.5 Å². The van der Waals surface area contributed by atoms with Gasteiger partial charge in [0.2, 0.25) is 5.91 Å². The van der Waals surface area contributed by atoms with E-state index in [-0.39, 0.29) is 10.8 Å². The number of hydrogen-bond acceptors (Lipinski definition) is 3. The molecule has 1 aliphatic heterocycles. The van der Waals surface area contributed by atoms with E-state index in [4.69, 9.17) is 0 Å². The van der Waals surface area contributed by atoms with Gasteiger partial charge >= 0.3 is 4.87 Å². The summed E-state index contributed by atoms with van der Waals surface area (Å²) < 4.78 is 1.73. The molecule has 1 atom stereocenters. The highest BCUT2D eigenvalue weighted by Gasteiger charge is 2.27. The Morgan fingerprint density at radius 1 is 1.40 bits per heavy atom. The largest absolute Gasteiger partial charge is 0.342 e. The van der Waals surface area contributed by atoms with E-state index in [1.54, 1.807) is 4.57 Å². The van der Waals surface area contributed by atoms with Crippen LogP contribution in [0.1, 0.15) is 37.3 Å². The van der Waals surface area contributed by atoms with Gasteiger partial charge in [-0.3, -0.25) is 9.59 Å². The second-order valence-corrected chi connectivity index (χ2v) is 7.21. The van der Waals surface area contributed by atoms with Crippen LogP contribution in [0, 0.1) is 25.7 Å². The first-order chi connectivity index (χ1) is 9.40. The van der Waals surface area contributed by atoms with Crippen molar-refractivity contribution in [2.24, 2.45) is 11.8 Å². The number of carbonyl (C=O) groups excluding carboxylic acids is 1. The minimum absolute atomic E-state index is 0.0503. The van der Waals surface area contributed by atoms with Gasteiger partial charge in [0.25, 0.3) is 0 Å². The topological polar surface area (TPSA) is 42.3 Å². The van der Waals surface area contributed by atoms with Gasteiger partial charge < -0.3 is 9.47 Å². The Kier molecular flexibility index (Phi) is 4.68. The van der Waals surface area contributed by atoms with Crippen molar-refractivity contribution in [3.05, 3.63) is 20.2 Å². The van der Waals surface area contributed by atoms with Gasteiger partial charge in [0.15, 0.2) is 0 Å². The molecule has 0 aliphatic carbocycles. The normalized spacial score (nSPS) is 19.1. The molecule has 2 heterocycles. The molecular weight excluding hydrogens is 272 g/mol. The van der Waals surface area contributed by atoms with Crippen molar-refractivity contribution in [2.45, 2.75) is 47.1 Å². The van der Waals surface area contributed by atoms with Gasteiger partial charge in [-0.1, -0.05) is 25.2 Å². The zero-order valence-electron chi connectivity index (χ0n) is 12.8. The van der Waals surface area contributed by atoms with Crippen LogP contribution in [0.4, 0.5) is 0 Å². The van der Waals surface area contributed by atoms with Crippen molar-refractivity contribution in [3.63, 3.8) is 0 Å². The summed E-state index contributed by atoms with van der Waals surface area (Å²) in [5.41, 5.74) is 0.995. The van der Waals surface area contributed by atoms with Crippen LogP contribution in [-0.2, 0) is 11.3 Å². The molecule has 1 amide bonds. The zero-order valence-corrected chi connectivity index (χ0v) is 13.6. The molecule has 1 aromatic rings. The maximum atomic E-state index is 12.2. The number of nitrogens with zero attached hydrogens (tertiary/aromatic N) is 2. The van der Waals surface area contributed by atoms with E-state index in [0.717, 1.165) is 30.1 Å². The molecule has 0 N–H and O–H groups in total. The molecule has 0 saturated carbocycles. The molecule has 0 spiro atoms. The fourth-order valence-electron chi connectivity index (χ4n) is 2.77. The smallest absolute Gasteiger partial charge is 0.307 e. The van der Waals surface area contributed by atoms with E-state index in [1.807, 2.05) is 18.7 Å². The van der Waals surface area contributed by atoms with E-state index < -0.39 is 0 Å². The van der Waals surface area contributed by atoms with Crippen molar-refractivity contribution in [1.82, 2.24) is 9.47 Å². The van der Waals surface area contributed by atoms with Gasteiger partial charge in [-0.15, -0.1) is 0 Å². The molecule has 5 heteroatoms. The highest BCUT2D eigenvalue weighted by molar-refractivity contribution is 7.09. The van der Waals surface area contributed by atoms with Crippen LogP contribution in [0.2, 0.25) is 0 Å². The van der Waals surface area contributed by atoms with Gasteiger partial charge in [-0.05, 0) is 32.1 Å². The second kappa shape index (κ2) is 6.12. The summed E-state index contributed by atoms with van der Waals surface area (Å²) in [4.78, 5) is 27.1. The van der Waals surface area contributed by atoms with Crippen molar-refractivity contribution >= 4 is 17.2 Å². The van der Waals surface area contributed by atoms with Crippen LogP contribution in [0.5, 0.6) is 0 Å². The molecule has 1 saturated heterocycles. The predicted octanol–water partition coefficient (Wildman–Crippen LogP) is 2.42. The molecule has 0 radical (unpaired) electrons. The minimum Gasteiger partial charge on any atom is -0.342 e. The molecular formula is C15H24N2O2S. The Labute approximate surface area is 124 Å². The van der Waals surface area contributed by atoms with Crippen LogP contribution in [0.15, 0.2) is 4.79 Å². The molecule has 1 aliphatic rings. The summed E-state index contributed by atoms with van der Waals surface area (Å²) in [6, 6.07) is 0. The van der Waals surface area contributed by atoms with E-state index in [9.17, 15) is 9.59 Å². The zero-order chi connectivity index (χ0) is 14.9. The first-order valence-corrected chi connectivity index (χ1v) is 8.16. The molecule has 1 fully saturated rings. The Morgan fingerprint density at radius 2 is 2.10 bits per heavy atom. The summed E-state index contributed by atoms with van der Waals surface area (Å²) in [5, 5.41) is 0. The number of rotatable bonds is 4. The minimum atomic E-state index is 0.0503. The van der Waals surface area contributed by atoms with E-state index in [0.29, 0.717) is 24.8 Å². The standard InChI is InChI=1S/C15H24N2O2S/c1-10(2)13-5-7-16(9-13)14(18)6-8-17-11(3)12(4)20-15(17)19/h10,13H,5-9H2,1-4H3/t13-/m1/s1. The van der Waals surface area contributed by atoms with Crippen LogP contribution >= 0.6 is 11.3 Å². The molecule has 4 nitrogen and oxygen atoms in total. The van der Waals surface area contributed by atoms with Gasteiger partial charge in [0, 0.05) is 36.6 Å². The summed E-state index contributed by atoms with van der Waals surface area (Å²) >= 11 is 1.27. The maximum Gasteiger partial charge on any atom is 0.307 e. The third kappa shape index (κ3) is 3.14. The van der Waals surface area contributed by atoms with Crippen molar-refractivity contribution in [1.29, 1.82) is 0 Å². The molecule has 112 valence electrons. The average Bonchev–Trinajstić information content (AvgIpc) is 2.95. The Hall–Kier alpha value is -1.10. The lowest BCUT2D eigenvalue weighted by atomic mass is 9.95. The van der Waals surface area contributed by atoms with Crippen LogP contribution < -0.4 is 4.87 Å². The molecule has 0 unspecified atom stereocenters. The molecule has 0 aromatic carbocycles. The number of likely N-dealkylation sites (tertiary alicyclic amines) is 1. The fourth-order valence-corrected chi connectivity index (χ4v) is 3.63. The number of thiazole rings is 1. The van der Waals surface area contributed by atoms with Gasteiger partial charge in [-0.2, -0.15) is 0 Å². The maximum absolute atomic E-state index is 12.2. The van der Waals surface area contributed by atoms with Crippen LogP contribution in [0.25, 0.3) is 0 Å². The Balaban J connectivity index is 1.92. The fraction of sp³-hybridized carbons (Fsp3) is 0.733. The van der Waals surface area contributed by atoms with Crippen molar-refractivity contribution in [2.75, 3.05) is 13.1 Å². The first kappa shape index (κ1) is 15.3. The number of aromatic nitrogens is 1. The lowest BCUT2D eigenvalue weighted by molar-refractivity contribution is -0.130. The lowest BCUT2D eigenvalue weighted by Crippen LogP contribution is -2.31. The van der Waals surface area contributed by atoms with Gasteiger partial charge in [0.05, 0.1) is 0 Å². The number of amides is 1. The Bertz CT molecular complexity index is 545. The summed E-state index contributed by atoms with van der Waals surface area (Å²) in [6.07, 6.45) is 1.54. The quantitative estimate of drug-likeness (QED) is 0.856. The van der Waals surface area contributed by atoms with Gasteiger partial charge in [-0.25, -0.2) is 0 Å². The SMILES string of the molecule is Cc1sc(=O)n(CCC(=O)N2CC[C@@H](C(C)C)C2)c1C. The first-order valence-electron chi connectivity index (χ1n) is 7.34. The third-order valence-corrected chi connectivity index (χ3v) is 5.44. The van der Waals surface area contributed by atoms with Crippen molar-refractivity contribution < 1.29 is 4.79 Å².